The number of nitrogens with two attached hydrogens (primary N) is 1. The zero-order chi connectivity index (χ0) is 31.2. The maximum Gasteiger partial charge on any atom is 0.249 e. The van der Waals surface area contributed by atoms with Crippen molar-refractivity contribution in [3.8, 4) is 22.8 Å². The summed E-state index contributed by atoms with van der Waals surface area (Å²) in [4.78, 5) is 12.6. The summed E-state index contributed by atoms with van der Waals surface area (Å²) in [5.74, 6) is -7.48. The van der Waals surface area contributed by atoms with Crippen LogP contribution in [0.3, 0.4) is 0 Å². The van der Waals surface area contributed by atoms with Gasteiger partial charge in [-0.1, -0.05) is 29.5 Å². The van der Waals surface area contributed by atoms with Crippen LogP contribution in [0.5, 0.6) is 11.5 Å². The lowest BCUT2D eigenvalue weighted by Gasteiger charge is -2.50. The van der Waals surface area contributed by atoms with E-state index in [1.165, 1.54) is 12.3 Å². The molecule has 44 heavy (non-hydrogen) atoms. The molecule has 0 bridgehead atoms. The van der Waals surface area contributed by atoms with Gasteiger partial charge in [-0.2, -0.15) is 0 Å². The zero-order valence-electron chi connectivity index (χ0n) is 22.9. The van der Waals surface area contributed by atoms with E-state index in [4.69, 9.17) is 19.9 Å². The average Bonchev–Trinajstić information content (AvgIpc) is 3.66. The quantitative estimate of drug-likeness (QED) is 0.230. The molecule has 2 saturated heterocycles. The Labute approximate surface area is 248 Å². The maximum atomic E-state index is 13.9. The Kier molecular flexibility index (Phi) is 7.86. The second-order valence-corrected chi connectivity index (χ2v) is 10.5. The molecule has 0 saturated carbocycles. The van der Waals surface area contributed by atoms with Gasteiger partial charge in [-0.05, 0) is 42.8 Å². The first-order chi connectivity index (χ1) is 21.1. The predicted molar refractivity (Wildman–Crippen MR) is 146 cm³/mol. The summed E-state index contributed by atoms with van der Waals surface area (Å²) in [5, 5.41) is 41.1. The first-order valence-corrected chi connectivity index (χ1v) is 13.7. The van der Waals surface area contributed by atoms with Crippen molar-refractivity contribution in [3.63, 3.8) is 0 Å². The number of carbonyl (C=O) groups is 1. The monoisotopic (exact) mass is 612 g/mol. The highest BCUT2D eigenvalue weighted by Gasteiger charge is 2.62. The molecule has 2 aliphatic heterocycles. The Morgan fingerprint density at radius 1 is 1.09 bits per heavy atom. The van der Waals surface area contributed by atoms with Gasteiger partial charge in [-0.25, -0.2) is 17.9 Å². The number of carbonyl (C=O) groups excluding carboxylic acids is 1. The molecule has 230 valence electrons. The van der Waals surface area contributed by atoms with Crippen molar-refractivity contribution in [2.24, 2.45) is 5.73 Å². The minimum atomic E-state index is -1.96. The van der Waals surface area contributed by atoms with Crippen LogP contribution in [0.1, 0.15) is 34.3 Å². The lowest BCUT2D eigenvalue weighted by atomic mass is 9.78. The van der Waals surface area contributed by atoms with Crippen molar-refractivity contribution in [1.82, 2.24) is 15.0 Å². The Morgan fingerprint density at radius 3 is 2.50 bits per heavy atom. The molecule has 0 aliphatic carbocycles. The highest BCUT2D eigenvalue weighted by atomic mass is 19.2. The SMILES string of the molecule is NC(=O)c1cccc(Oc2ccccc2)c1[C@H]1CCO[C@]12O[C@H](CO)[C@H](O)[C@H](n1cc(-c3cc(F)c(F)c(F)c3)nn1)[C@H]2O. The fourth-order valence-electron chi connectivity index (χ4n) is 5.94. The number of rotatable bonds is 7. The van der Waals surface area contributed by atoms with Gasteiger partial charge in [-0.3, -0.25) is 4.79 Å². The Hall–Kier alpha value is -4.34. The Bertz CT molecular complexity index is 1670. The van der Waals surface area contributed by atoms with Gasteiger partial charge in [0.2, 0.25) is 11.7 Å². The summed E-state index contributed by atoms with van der Waals surface area (Å²) in [6, 6.07) is 13.5. The molecule has 6 atom stereocenters. The van der Waals surface area contributed by atoms with Crippen LogP contribution in [-0.2, 0) is 9.47 Å². The third kappa shape index (κ3) is 5.00. The first-order valence-electron chi connectivity index (χ1n) is 13.7. The van der Waals surface area contributed by atoms with Gasteiger partial charge in [0.15, 0.2) is 17.5 Å². The molecule has 2 aliphatic rings. The number of para-hydroxylation sites is 1. The smallest absolute Gasteiger partial charge is 0.249 e. The van der Waals surface area contributed by atoms with Crippen molar-refractivity contribution < 1.29 is 47.5 Å². The van der Waals surface area contributed by atoms with Crippen LogP contribution in [0.25, 0.3) is 11.3 Å². The van der Waals surface area contributed by atoms with Gasteiger partial charge in [0.05, 0.1) is 19.4 Å². The molecular weight excluding hydrogens is 585 g/mol. The third-order valence-electron chi connectivity index (χ3n) is 7.95. The minimum Gasteiger partial charge on any atom is -0.457 e. The number of aromatic nitrogens is 3. The second-order valence-electron chi connectivity index (χ2n) is 10.5. The van der Waals surface area contributed by atoms with E-state index in [9.17, 15) is 33.3 Å². The lowest BCUT2D eigenvalue weighted by Crippen LogP contribution is -2.64. The molecule has 3 heterocycles. The third-order valence-corrected chi connectivity index (χ3v) is 7.95. The molecule has 14 heteroatoms. The van der Waals surface area contributed by atoms with Crippen molar-refractivity contribution in [3.05, 3.63) is 95.4 Å². The fraction of sp³-hybridized carbons (Fsp3) is 0.300. The summed E-state index contributed by atoms with van der Waals surface area (Å²) in [7, 11) is 0. The van der Waals surface area contributed by atoms with Crippen molar-refractivity contribution >= 4 is 5.91 Å². The molecular formula is C30H27F3N4O7. The van der Waals surface area contributed by atoms with Crippen LogP contribution in [0.2, 0.25) is 0 Å². The van der Waals surface area contributed by atoms with Crippen molar-refractivity contribution in [1.29, 1.82) is 0 Å². The molecule has 1 spiro atoms. The number of primary amides is 1. The Morgan fingerprint density at radius 2 is 1.82 bits per heavy atom. The molecule has 6 rings (SSSR count). The largest absolute Gasteiger partial charge is 0.457 e. The molecule has 0 unspecified atom stereocenters. The minimum absolute atomic E-state index is 0.0390. The van der Waals surface area contributed by atoms with Gasteiger partial charge < -0.3 is 35.3 Å². The van der Waals surface area contributed by atoms with E-state index in [0.717, 1.165) is 16.8 Å². The van der Waals surface area contributed by atoms with E-state index < -0.39 is 66.0 Å². The summed E-state index contributed by atoms with van der Waals surface area (Å²) >= 11 is 0. The number of nitrogens with zero attached hydrogens (tertiary/aromatic N) is 3. The molecule has 3 aromatic carbocycles. The van der Waals surface area contributed by atoms with E-state index in [1.807, 2.05) is 0 Å². The topological polar surface area (TPSA) is 162 Å². The molecule has 1 amide bonds. The van der Waals surface area contributed by atoms with Gasteiger partial charge >= 0.3 is 0 Å². The number of ether oxygens (including phenoxy) is 3. The van der Waals surface area contributed by atoms with E-state index in [2.05, 4.69) is 10.3 Å². The first kappa shape index (κ1) is 29.7. The standard InChI is InChI=1S/C30H27F3N4O7/c31-19-11-15(12-20(32)25(19)33)21-13-37(36-35-21)26-27(39)23(14-38)44-30(28(26)40)18(9-10-42-30)24-17(29(34)41)7-4-8-22(24)43-16-5-2-1-3-6-16/h1-8,11-13,18,23,26-28,38-40H,9-10,14H2,(H2,34,41)/t18-,23-,26+,27+,28-,30+/m1/s1. The maximum absolute atomic E-state index is 13.9. The van der Waals surface area contributed by atoms with Crippen LogP contribution in [0.4, 0.5) is 13.2 Å². The number of aliphatic hydroxyl groups excluding tert-OH is 3. The van der Waals surface area contributed by atoms with E-state index in [-0.39, 0.29) is 41.2 Å². The van der Waals surface area contributed by atoms with Crippen LogP contribution in [0, 0.1) is 17.5 Å². The highest BCUT2D eigenvalue weighted by molar-refractivity contribution is 5.95. The van der Waals surface area contributed by atoms with Crippen molar-refractivity contribution in [2.45, 2.75) is 42.5 Å². The Balaban J connectivity index is 1.43. The van der Waals surface area contributed by atoms with Crippen molar-refractivity contribution in [2.75, 3.05) is 13.2 Å². The van der Waals surface area contributed by atoms with Gasteiger partial charge in [0.25, 0.3) is 0 Å². The normalized spacial score (nSPS) is 26.6. The summed E-state index contributed by atoms with van der Waals surface area (Å²) in [5.41, 5.74) is 5.88. The highest BCUT2D eigenvalue weighted by Crippen LogP contribution is 2.53. The average molecular weight is 613 g/mol. The number of amides is 1. The molecule has 0 radical (unpaired) electrons. The molecule has 1 aromatic heterocycles. The van der Waals surface area contributed by atoms with Gasteiger partial charge in [-0.15, -0.1) is 5.10 Å². The second kappa shape index (κ2) is 11.6. The van der Waals surface area contributed by atoms with E-state index in [0.29, 0.717) is 5.75 Å². The molecule has 4 aromatic rings. The van der Waals surface area contributed by atoms with Crippen LogP contribution in [-0.4, -0.2) is 73.5 Å². The zero-order valence-corrected chi connectivity index (χ0v) is 22.9. The number of halogens is 3. The summed E-state index contributed by atoms with van der Waals surface area (Å²) < 4.78 is 60.7. The van der Waals surface area contributed by atoms with Gasteiger partial charge in [0.1, 0.15) is 41.5 Å². The van der Waals surface area contributed by atoms with E-state index in [1.54, 1.807) is 42.5 Å². The van der Waals surface area contributed by atoms with Crippen LogP contribution < -0.4 is 10.5 Å². The predicted octanol–water partition coefficient (Wildman–Crippen LogP) is 2.81. The summed E-state index contributed by atoms with van der Waals surface area (Å²) in [6.07, 6.45) is -3.20. The van der Waals surface area contributed by atoms with Gasteiger partial charge in [0, 0.05) is 22.6 Å². The molecule has 2 fully saturated rings. The lowest BCUT2D eigenvalue weighted by molar-refractivity contribution is -0.344. The van der Waals surface area contributed by atoms with Crippen LogP contribution >= 0.6 is 0 Å². The van der Waals surface area contributed by atoms with Crippen LogP contribution in [0.15, 0.2) is 66.9 Å². The number of hydrogen-bond donors (Lipinski definition) is 4. The number of aliphatic hydroxyl groups is 3. The number of hydrogen-bond acceptors (Lipinski definition) is 9. The summed E-state index contributed by atoms with van der Waals surface area (Å²) in [6.45, 7) is -0.666. The fourth-order valence-corrected chi connectivity index (χ4v) is 5.94. The molecule has 11 nitrogen and oxygen atoms in total. The number of benzene rings is 3. The molecule has 5 N–H and O–H groups in total. The van der Waals surface area contributed by atoms with E-state index >= 15 is 0 Å².